The third-order valence-corrected chi connectivity index (χ3v) is 7.21. The minimum Gasteiger partial charge on any atom is -0.215 e. The van der Waals surface area contributed by atoms with Gasteiger partial charge >= 0.3 is 33.6 Å². The minimum atomic E-state index is -6.93. The van der Waals surface area contributed by atoms with E-state index in [1.165, 1.54) is 0 Å². The summed E-state index contributed by atoms with van der Waals surface area (Å²) in [5, 5.41) is -6.62. The van der Waals surface area contributed by atoms with E-state index in [0.717, 1.165) is 24.6 Å². The van der Waals surface area contributed by atoms with Crippen LogP contribution in [-0.4, -0.2) is 38.3 Å². The lowest BCUT2D eigenvalue weighted by Gasteiger charge is -2.34. The molecule has 0 spiro atoms. The minimum absolute atomic E-state index is 0.0471. The number of alkyl halides is 10. The van der Waals surface area contributed by atoms with Gasteiger partial charge in [0, 0.05) is 5.75 Å². The molecule has 0 N–H and O–H groups in total. The van der Waals surface area contributed by atoms with Crippen LogP contribution >= 0.6 is 10.3 Å². The van der Waals surface area contributed by atoms with Gasteiger partial charge in [-0.1, -0.05) is 12.1 Å². The van der Waals surface area contributed by atoms with Crippen LogP contribution in [0.5, 0.6) is 0 Å². The summed E-state index contributed by atoms with van der Waals surface area (Å²) in [4.78, 5) is 0. The van der Waals surface area contributed by atoms with Gasteiger partial charge in [-0.3, -0.25) is 0 Å². The van der Waals surface area contributed by atoms with E-state index in [4.69, 9.17) is 0 Å². The molecule has 28 heavy (non-hydrogen) atoms. The van der Waals surface area contributed by atoms with Gasteiger partial charge in [-0.15, -0.1) is 10.3 Å². The van der Waals surface area contributed by atoms with Crippen molar-refractivity contribution in [3.05, 3.63) is 35.4 Å². The standard InChI is InChI=1S/C13H12F10O3S2/c1-27(2,7-8-3-5-9(6-4-8)10(14,15)16)26-28(24,25)13(22,23)11(17,18)12(19,20)21/h3-6H,7H2,1-2H3. The molecule has 3 nitrogen and oxygen atoms in total. The molecule has 0 amide bonds. The van der Waals surface area contributed by atoms with E-state index in [9.17, 15) is 52.3 Å². The van der Waals surface area contributed by atoms with Crippen LogP contribution < -0.4 is 0 Å². The molecule has 0 heterocycles. The quantitative estimate of drug-likeness (QED) is 0.529. The van der Waals surface area contributed by atoms with E-state index >= 15 is 0 Å². The van der Waals surface area contributed by atoms with E-state index in [2.05, 4.69) is 3.63 Å². The summed E-state index contributed by atoms with van der Waals surface area (Å²) < 4.78 is 153. The molecule has 0 saturated heterocycles. The Labute approximate surface area is 154 Å². The maximum atomic E-state index is 13.4. The van der Waals surface area contributed by atoms with Crippen LogP contribution in [0.25, 0.3) is 0 Å². The Kier molecular flexibility index (Phi) is 6.41. The molecule has 0 fully saturated rings. The molecule has 0 aliphatic heterocycles. The fourth-order valence-electron chi connectivity index (χ4n) is 1.82. The summed E-state index contributed by atoms with van der Waals surface area (Å²) in [7, 11) is -10.0. The van der Waals surface area contributed by atoms with Crippen LogP contribution in [0, 0.1) is 0 Å². The van der Waals surface area contributed by atoms with Crippen molar-refractivity contribution < 1.29 is 56.0 Å². The summed E-state index contributed by atoms with van der Waals surface area (Å²) >= 11 is 0. The van der Waals surface area contributed by atoms with Crippen molar-refractivity contribution in [2.24, 2.45) is 0 Å². The van der Waals surface area contributed by atoms with Gasteiger partial charge in [0.25, 0.3) is 0 Å². The van der Waals surface area contributed by atoms with Crippen molar-refractivity contribution >= 4 is 20.4 Å². The Hall–Kier alpha value is -1.22. The molecule has 0 aliphatic carbocycles. The van der Waals surface area contributed by atoms with E-state index in [1.54, 1.807) is 0 Å². The maximum absolute atomic E-state index is 13.4. The zero-order chi connectivity index (χ0) is 22.4. The fraction of sp³-hybridized carbons (Fsp3) is 0.538. The first-order valence-electron chi connectivity index (χ1n) is 6.79. The lowest BCUT2D eigenvalue weighted by molar-refractivity contribution is -0.333. The average Bonchev–Trinajstić information content (AvgIpc) is 2.43. The monoisotopic (exact) mass is 470 g/mol. The van der Waals surface area contributed by atoms with Crippen LogP contribution in [-0.2, 0) is 25.7 Å². The predicted molar refractivity (Wildman–Crippen MR) is 80.5 cm³/mol. The van der Waals surface area contributed by atoms with Crippen LogP contribution in [0.1, 0.15) is 11.1 Å². The van der Waals surface area contributed by atoms with E-state index in [-0.39, 0.29) is 5.56 Å². The van der Waals surface area contributed by atoms with Gasteiger partial charge in [0.2, 0.25) is 0 Å². The predicted octanol–water partition coefficient (Wildman–Crippen LogP) is 5.32. The highest BCUT2D eigenvalue weighted by Gasteiger charge is 2.79. The average molecular weight is 470 g/mol. The molecule has 0 radical (unpaired) electrons. The SMILES string of the molecule is CS(C)(Cc1ccc(C(F)(F)F)cc1)OS(=O)(=O)C(F)(F)C(F)(F)C(F)(F)F. The van der Waals surface area contributed by atoms with Crippen molar-refractivity contribution in [1.29, 1.82) is 0 Å². The first-order chi connectivity index (χ1) is 12.1. The Bertz CT molecular complexity index is 795. The highest BCUT2D eigenvalue weighted by Crippen LogP contribution is 2.54. The molecule has 1 aromatic carbocycles. The highest BCUT2D eigenvalue weighted by molar-refractivity contribution is 8.31. The lowest BCUT2D eigenvalue weighted by atomic mass is 10.1. The summed E-state index contributed by atoms with van der Waals surface area (Å²) in [6.45, 7) is 0. The van der Waals surface area contributed by atoms with Gasteiger partial charge in [0.15, 0.2) is 0 Å². The van der Waals surface area contributed by atoms with Crippen LogP contribution in [0.2, 0.25) is 0 Å². The lowest BCUT2D eigenvalue weighted by Crippen LogP contribution is -2.56. The highest BCUT2D eigenvalue weighted by atomic mass is 32.3. The van der Waals surface area contributed by atoms with Crippen LogP contribution in [0.4, 0.5) is 43.9 Å². The Morgan fingerprint density at radius 1 is 0.821 bits per heavy atom. The van der Waals surface area contributed by atoms with E-state index in [0.29, 0.717) is 12.1 Å². The summed E-state index contributed by atoms with van der Waals surface area (Å²) in [6.07, 6.45) is -9.86. The molecular weight excluding hydrogens is 458 g/mol. The first kappa shape index (κ1) is 24.8. The number of halogens is 10. The molecule has 0 unspecified atom stereocenters. The molecular formula is C13H12F10O3S2. The molecule has 0 saturated carbocycles. The number of benzene rings is 1. The second-order valence-electron chi connectivity index (χ2n) is 5.89. The van der Waals surface area contributed by atoms with Crippen molar-refractivity contribution in [2.45, 2.75) is 29.3 Å². The van der Waals surface area contributed by atoms with Gasteiger partial charge in [0.1, 0.15) is 0 Å². The van der Waals surface area contributed by atoms with E-state index in [1.807, 2.05) is 0 Å². The Morgan fingerprint density at radius 3 is 1.61 bits per heavy atom. The maximum Gasteiger partial charge on any atom is 0.461 e. The van der Waals surface area contributed by atoms with Crippen molar-refractivity contribution in [3.63, 3.8) is 0 Å². The molecule has 15 heteroatoms. The van der Waals surface area contributed by atoms with Gasteiger partial charge in [0.05, 0.1) is 5.56 Å². The molecule has 0 aromatic heterocycles. The zero-order valence-electron chi connectivity index (χ0n) is 13.8. The van der Waals surface area contributed by atoms with Gasteiger partial charge in [-0.05, 0) is 30.2 Å². The zero-order valence-corrected chi connectivity index (χ0v) is 15.5. The molecule has 1 aromatic rings. The summed E-state index contributed by atoms with van der Waals surface area (Å²) in [5.41, 5.74) is -1.12. The fourth-order valence-corrected chi connectivity index (χ4v) is 5.72. The molecule has 0 atom stereocenters. The van der Waals surface area contributed by atoms with Crippen molar-refractivity contribution in [1.82, 2.24) is 0 Å². The topological polar surface area (TPSA) is 43.4 Å². The summed E-state index contributed by atoms with van der Waals surface area (Å²) in [6, 6.07) is 2.89. The van der Waals surface area contributed by atoms with Crippen molar-refractivity contribution in [3.8, 4) is 0 Å². The molecule has 164 valence electrons. The molecule has 0 aliphatic rings. The third-order valence-electron chi connectivity index (χ3n) is 3.10. The normalized spacial score (nSPS) is 15.6. The number of rotatable bonds is 6. The van der Waals surface area contributed by atoms with Gasteiger partial charge in [-0.2, -0.15) is 52.3 Å². The second kappa shape index (κ2) is 7.23. The number of hydrogen-bond donors (Lipinski definition) is 0. The van der Waals surface area contributed by atoms with Crippen molar-refractivity contribution in [2.75, 3.05) is 12.5 Å². The Balaban J connectivity index is 3.10. The largest absolute Gasteiger partial charge is 0.461 e. The van der Waals surface area contributed by atoms with Gasteiger partial charge < -0.3 is 0 Å². The van der Waals surface area contributed by atoms with E-state index < -0.39 is 55.3 Å². The van der Waals surface area contributed by atoms with Crippen LogP contribution in [0.3, 0.4) is 0 Å². The van der Waals surface area contributed by atoms with Crippen LogP contribution in [0.15, 0.2) is 24.3 Å². The number of hydrogen-bond acceptors (Lipinski definition) is 3. The summed E-state index contributed by atoms with van der Waals surface area (Å²) in [5.74, 6) is -7.54. The van der Waals surface area contributed by atoms with Gasteiger partial charge in [-0.25, -0.2) is 3.63 Å². The first-order valence-corrected chi connectivity index (χ1v) is 10.7. The second-order valence-corrected chi connectivity index (χ2v) is 11.0. The molecule has 1 rings (SSSR count). The smallest absolute Gasteiger partial charge is 0.215 e. The molecule has 0 bridgehead atoms. The third kappa shape index (κ3) is 5.03. The Morgan fingerprint density at radius 2 is 1.25 bits per heavy atom.